The summed E-state index contributed by atoms with van der Waals surface area (Å²) in [4.78, 5) is 26.1. The number of nitrogens with one attached hydrogen (secondary N) is 1. The molecule has 0 saturated carbocycles. The Hall–Kier alpha value is -0.930. The molecule has 0 bridgehead atoms. The first kappa shape index (κ1) is 12.5. The molecule has 2 rings (SSSR count). The molecular weight excluding hydrogens is 280 g/mol. The van der Waals surface area contributed by atoms with Gasteiger partial charge in [0.15, 0.2) is 0 Å². The zero-order valence-electron chi connectivity index (χ0n) is 8.80. The van der Waals surface area contributed by atoms with Crippen molar-refractivity contribution in [1.82, 2.24) is 10.2 Å². The second-order valence-electron chi connectivity index (χ2n) is 3.02. The highest BCUT2D eigenvalue weighted by molar-refractivity contribution is 8.39. The Kier molecular flexibility index (Phi) is 4.13. The van der Waals surface area contributed by atoms with Crippen LogP contribution < -0.4 is 5.32 Å². The van der Waals surface area contributed by atoms with Crippen molar-refractivity contribution < 1.29 is 9.59 Å². The first-order valence-electron chi connectivity index (χ1n) is 4.60. The number of aryl methyl sites for hydroxylation is 1. The van der Waals surface area contributed by atoms with Gasteiger partial charge in [-0.25, -0.2) is 0 Å². The lowest BCUT2D eigenvalue weighted by Crippen LogP contribution is -2.14. The molecule has 0 fully saturated rings. The van der Waals surface area contributed by atoms with Gasteiger partial charge in [0.25, 0.3) is 5.91 Å². The maximum Gasteiger partial charge on any atom is 0.257 e. The Morgan fingerprint density at radius 3 is 2.94 bits per heavy atom. The number of carbonyl (C=O) groups excluding carboxylic acids is 2. The highest BCUT2D eigenvalue weighted by Crippen LogP contribution is 2.23. The van der Waals surface area contributed by atoms with Crippen molar-refractivity contribution in [2.24, 2.45) is 4.99 Å². The van der Waals surface area contributed by atoms with Gasteiger partial charge in [-0.15, -0.1) is 10.2 Å². The van der Waals surface area contributed by atoms with Gasteiger partial charge in [0.05, 0.1) is 11.5 Å². The van der Waals surface area contributed by atoms with E-state index in [0.29, 0.717) is 15.3 Å². The SMILES string of the molecule is Cc1nnc(NC(=O)CSC2=NC(=O)CS2)s1. The Balaban J connectivity index is 1.78. The molecule has 1 N–H and O–H groups in total. The zero-order valence-corrected chi connectivity index (χ0v) is 11.2. The minimum Gasteiger partial charge on any atom is -0.300 e. The lowest BCUT2D eigenvalue weighted by molar-refractivity contribution is -0.115. The van der Waals surface area contributed by atoms with Crippen molar-refractivity contribution in [3.63, 3.8) is 0 Å². The van der Waals surface area contributed by atoms with Crippen LogP contribution in [0.15, 0.2) is 4.99 Å². The second-order valence-corrected chi connectivity index (χ2v) is 6.39. The van der Waals surface area contributed by atoms with Crippen LogP contribution in [0, 0.1) is 6.92 Å². The van der Waals surface area contributed by atoms with E-state index in [2.05, 4.69) is 20.5 Å². The number of aliphatic imine (C=N–C) groups is 1. The van der Waals surface area contributed by atoms with E-state index in [1.807, 2.05) is 6.92 Å². The minimum absolute atomic E-state index is 0.141. The van der Waals surface area contributed by atoms with Crippen molar-refractivity contribution >= 4 is 56.2 Å². The van der Waals surface area contributed by atoms with Gasteiger partial charge in [-0.1, -0.05) is 34.9 Å². The first-order valence-corrected chi connectivity index (χ1v) is 7.39. The third-order valence-corrected chi connectivity index (χ3v) is 4.57. The summed E-state index contributed by atoms with van der Waals surface area (Å²) < 4.78 is 0.651. The number of aromatic nitrogens is 2. The molecule has 0 radical (unpaired) electrons. The van der Waals surface area contributed by atoms with Crippen molar-refractivity contribution in [1.29, 1.82) is 0 Å². The Bertz CT molecular complexity index is 485. The maximum absolute atomic E-state index is 11.5. The quantitative estimate of drug-likeness (QED) is 0.898. The summed E-state index contributed by atoms with van der Waals surface area (Å²) >= 11 is 3.94. The normalized spacial score (nSPS) is 14.9. The van der Waals surface area contributed by atoms with Crippen LogP contribution in [-0.2, 0) is 9.59 Å². The van der Waals surface area contributed by atoms with Crippen molar-refractivity contribution in [2.75, 3.05) is 16.8 Å². The predicted octanol–water partition coefficient (Wildman–Crippen LogP) is 1.15. The summed E-state index contributed by atoms with van der Waals surface area (Å²) in [6, 6.07) is 0. The molecule has 1 aliphatic rings. The smallest absolute Gasteiger partial charge is 0.257 e. The maximum atomic E-state index is 11.5. The summed E-state index contributed by atoms with van der Waals surface area (Å²) in [6.45, 7) is 1.82. The molecule has 6 nitrogen and oxygen atoms in total. The van der Waals surface area contributed by atoms with Crippen LogP contribution in [0.3, 0.4) is 0 Å². The van der Waals surface area contributed by atoms with E-state index in [-0.39, 0.29) is 17.6 Å². The number of amides is 2. The molecule has 9 heteroatoms. The van der Waals surface area contributed by atoms with Crippen LogP contribution in [0.1, 0.15) is 5.01 Å². The summed E-state index contributed by atoms with van der Waals surface area (Å²) in [5.41, 5.74) is 0. The van der Waals surface area contributed by atoms with E-state index in [1.165, 1.54) is 34.9 Å². The zero-order chi connectivity index (χ0) is 12.3. The highest BCUT2D eigenvalue weighted by Gasteiger charge is 2.16. The van der Waals surface area contributed by atoms with E-state index in [1.54, 1.807) is 0 Å². The van der Waals surface area contributed by atoms with Gasteiger partial charge in [0.1, 0.15) is 9.38 Å². The molecule has 0 spiro atoms. The molecule has 0 unspecified atom stereocenters. The van der Waals surface area contributed by atoms with Gasteiger partial charge in [-0.05, 0) is 6.92 Å². The number of thioether (sulfide) groups is 2. The number of hydrogen-bond acceptors (Lipinski definition) is 7. The monoisotopic (exact) mass is 288 g/mol. The topological polar surface area (TPSA) is 84.3 Å². The van der Waals surface area contributed by atoms with Crippen LogP contribution in [0.5, 0.6) is 0 Å². The van der Waals surface area contributed by atoms with Crippen LogP contribution in [-0.4, -0.2) is 37.9 Å². The summed E-state index contributed by atoms with van der Waals surface area (Å²) in [5, 5.41) is 11.5. The van der Waals surface area contributed by atoms with Gasteiger partial charge in [-0.3, -0.25) is 14.9 Å². The molecule has 2 heterocycles. The third kappa shape index (κ3) is 3.79. The van der Waals surface area contributed by atoms with Crippen molar-refractivity contribution in [3.05, 3.63) is 5.01 Å². The fraction of sp³-hybridized carbons (Fsp3) is 0.375. The Morgan fingerprint density at radius 1 is 1.53 bits per heavy atom. The van der Waals surface area contributed by atoms with Gasteiger partial charge in [0, 0.05) is 0 Å². The molecule has 90 valence electrons. The van der Waals surface area contributed by atoms with Crippen molar-refractivity contribution in [3.8, 4) is 0 Å². The summed E-state index contributed by atoms with van der Waals surface area (Å²) in [7, 11) is 0. The number of rotatable bonds is 3. The molecule has 0 aromatic carbocycles. The van der Waals surface area contributed by atoms with Crippen LogP contribution in [0.2, 0.25) is 0 Å². The lowest BCUT2D eigenvalue weighted by atomic mass is 10.7. The van der Waals surface area contributed by atoms with E-state index in [9.17, 15) is 9.59 Å². The number of anilines is 1. The third-order valence-electron chi connectivity index (χ3n) is 1.63. The fourth-order valence-corrected chi connectivity index (χ4v) is 3.26. The average Bonchev–Trinajstić information content (AvgIpc) is 2.85. The largest absolute Gasteiger partial charge is 0.300 e. The first-order chi connectivity index (χ1) is 8.13. The van der Waals surface area contributed by atoms with E-state index in [0.717, 1.165) is 5.01 Å². The molecule has 0 saturated heterocycles. The predicted molar refractivity (Wildman–Crippen MR) is 70.6 cm³/mol. The molecule has 0 atom stereocenters. The minimum atomic E-state index is -0.172. The summed E-state index contributed by atoms with van der Waals surface area (Å²) in [5.74, 6) is 0.281. The Morgan fingerprint density at radius 2 is 2.35 bits per heavy atom. The average molecular weight is 288 g/mol. The standard InChI is InChI=1S/C8H8N4O2S3/c1-4-11-12-7(17-4)9-5(13)2-15-8-10-6(14)3-16-8/h2-3H2,1H3,(H,9,12,13). The molecule has 17 heavy (non-hydrogen) atoms. The fourth-order valence-electron chi connectivity index (χ4n) is 0.993. The lowest BCUT2D eigenvalue weighted by Gasteiger charge is -1.99. The van der Waals surface area contributed by atoms with Crippen LogP contribution >= 0.6 is 34.9 Å². The molecule has 0 aliphatic carbocycles. The molecule has 1 aliphatic heterocycles. The molecule has 1 aromatic heterocycles. The Labute approximate surface area is 110 Å². The molecular formula is C8H8N4O2S3. The number of carbonyl (C=O) groups is 2. The number of nitrogens with zero attached hydrogens (tertiary/aromatic N) is 3. The second kappa shape index (κ2) is 5.61. The van der Waals surface area contributed by atoms with E-state index in [4.69, 9.17) is 0 Å². The number of hydrogen-bond donors (Lipinski definition) is 1. The summed E-state index contributed by atoms with van der Waals surface area (Å²) in [6.07, 6.45) is 0. The molecule has 1 aromatic rings. The van der Waals surface area contributed by atoms with Crippen LogP contribution in [0.4, 0.5) is 5.13 Å². The van der Waals surface area contributed by atoms with Gasteiger partial charge in [0.2, 0.25) is 11.0 Å². The van der Waals surface area contributed by atoms with E-state index < -0.39 is 0 Å². The van der Waals surface area contributed by atoms with Crippen molar-refractivity contribution in [2.45, 2.75) is 6.92 Å². The van der Waals surface area contributed by atoms with Crippen LogP contribution in [0.25, 0.3) is 0 Å². The molecule has 2 amide bonds. The highest BCUT2D eigenvalue weighted by atomic mass is 32.2. The van der Waals surface area contributed by atoms with E-state index >= 15 is 0 Å². The van der Waals surface area contributed by atoms with Gasteiger partial charge in [-0.2, -0.15) is 4.99 Å². The van der Waals surface area contributed by atoms with Gasteiger partial charge < -0.3 is 0 Å². The van der Waals surface area contributed by atoms with Gasteiger partial charge >= 0.3 is 0 Å².